The summed E-state index contributed by atoms with van der Waals surface area (Å²) >= 11 is 0. The minimum atomic E-state index is -3.34. The van der Waals surface area contributed by atoms with Crippen LogP contribution in [-0.4, -0.2) is 44.5 Å². The Morgan fingerprint density at radius 2 is 2.05 bits per heavy atom. The first kappa shape index (κ1) is 13.5. The number of carbonyl (C=O) groups is 1. The zero-order valence-corrected chi connectivity index (χ0v) is 11.2. The van der Waals surface area contributed by atoms with E-state index in [1.54, 1.807) is 24.3 Å². The summed E-state index contributed by atoms with van der Waals surface area (Å²) < 4.78 is 23.9. The summed E-state index contributed by atoms with van der Waals surface area (Å²) in [4.78, 5) is 13.5. The van der Waals surface area contributed by atoms with Gasteiger partial charge in [0.15, 0.2) is 0 Å². The Bertz CT molecular complexity index is 648. The standard InChI is InChI=1S/C12H13N3O3S/c1-19(17,18)14-5-6-15(12(16)9-14)11-4-2-3-10(7-11)8-13/h2-4,7H,5-6,9H2,1H3. The van der Waals surface area contributed by atoms with Gasteiger partial charge in [-0.05, 0) is 18.2 Å². The van der Waals surface area contributed by atoms with Crippen molar-refractivity contribution in [3.63, 3.8) is 0 Å². The first-order chi connectivity index (χ1) is 8.91. The molecule has 1 aliphatic heterocycles. The van der Waals surface area contributed by atoms with Crippen molar-refractivity contribution in [2.24, 2.45) is 0 Å². The lowest BCUT2D eigenvalue weighted by atomic mass is 10.2. The highest BCUT2D eigenvalue weighted by molar-refractivity contribution is 7.88. The molecule has 0 spiro atoms. The number of sulfonamides is 1. The molecule has 1 saturated heterocycles. The first-order valence-corrected chi connectivity index (χ1v) is 7.52. The SMILES string of the molecule is CS(=O)(=O)N1CCN(c2cccc(C#N)c2)C(=O)C1. The topological polar surface area (TPSA) is 81.5 Å². The molecule has 1 aliphatic rings. The van der Waals surface area contributed by atoms with Crippen molar-refractivity contribution in [2.45, 2.75) is 0 Å². The third-order valence-electron chi connectivity index (χ3n) is 2.94. The van der Waals surface area contributed by atoms with Gasteiger partial charge in [-0.25, -0.2) is 8.42 Å². The van der Waals surface area contributed by atoms with Gasteiger partial charge < -0.3 is 4.90 Å². The Morgan fingerprint density at radius 1 is 1.32 bits per heavy atom. The van der Waals surface area contributed by atoms with Crippen LogP contribution in [0.5, 0.6) is 0 Å². The Morgan fingerprint density at radius 3 is 2.63 bits per heavy atom. The Labute approximate surface area is 111 Å². The predicted octanol–water partition coefficient (Wildman–Crippen LogP) is 0.166. The number of nitriles is 1. The van der Waals surface area contributed by atoms with Crippen molar-refractivity contribution in [1.29, 1.82) is 5.26 Å². The average molecular weight is 279 g/mol. The van der Waals surface area contributed by atoms with Gasteiger partial charge in [-0.1, -0.05) is 6.07 Å². The second kappa shape index (κ2) is 4.99. The van der Waals surface area contributed by atoms with Gasteiger partial charge in [-0.3, -0.25) is 4.79 Å². The molecule has 1 amide bonds. The maximum Gasteiger partial charge on any atom is 0.242 e. The highest BCUT2D eigenvalue weighted by Crippen LogP contribution is 2.19. The van der Waals surface area contributed by atoms with E-state index in [2.05, 4.69) is 0 Å². The number of hydrogen-bond donors (Lipinski definition) is 0. The molecule has 0 bridgehead atoms. The molecule has 0 saturated carbocycles. The summed E-state index contributed by atoms with van der Waals surface area (Å²) in [5, 5.41) is 8.83. The molecule has 1 heterocycles. The molecule has 7 heteroatoms. The third kappa shape index (κ3) is 2.92. The van der Waals surface area contributed by atoms with Crippen LogP contribution in [0.1, 0.15) is 5.56 Å². The molecule has 0 atom stereocenters. The van der Waals surface area contributed by atoms with Crippen LogP contribution >= 0.6 is 0 Å². The van der Waals surface area contributed by atoms with Crippen molar-refractivity contribution in [1.82, 2.24) is 4.31 Å². The lowest BCUT2D eigenvalue weighted by molar-refractivity contribution is -0.119. The molecule has 2 rings (SSSR count). The molecule has 19 heavy (non-hydrogen) atoms. The molecule has 0 aromatic heterocycles. The fraction of sp³-hybridized carbons (Fsp3) is 0.333. The smallest absolute Gasteiger partial charge is 0.242 e. The lowest BCUT2D eigenvalue weighted by Gasteiger charge is -2.32. The zero-order valence-electron chi connectivity index (χ0n) is 10.4. The van der Waals surface area contributed by atoms with Crippen LogP contribution in [0.2, 0.25) is 0 Å². The fourth-order valence-corrected chi connectivity index (χ4v) is 2.71. The molecular formula is C12H13N3O3S. The van der Waals surface area contributed by atoms with Crippen molar-refractivity contribution in [3.8, 4) is 6.07 Å². The number of benzene rings is 1. The largest absolute Gasteiger partial charge is 0.310 e. The highest BCUT2D eigenvalue weighted by Gasteiger charge is 2.29. The van der Waals surface area contributed by atoms with Gasteiger partial charge >= 0.3 is 0 Å². The Hall–Kier alpha value is -1.91. The van der Waals surface area contributed by atoms with Gasteiger partial charge in [0.05, 0.1) is 24.4 Å². The van der Waals surface area contributed by atoms with Crippen LogP contribution in [0.15, 0.2) is 24.3 Å². The van der Waals surface area contributed by atoms with E-state index in [0.29, 0.717) is 17.8 Å². The van der Waals surface area contributed by atoms with Gasteiger partial charge in [0, 0.05) is 18.8 Å². The summed E-state index contributed by atoms with van der Waals surface area (Å²) in [7, 11) is -3.34. The number of rotatable bonds is 2. The van der Waals surface area contributed by atoms with Crippen LogP contribution < -0.4 is 4.90 Å². The van der Waals surface area contributed by atoms with Crippen molar-refractivity contribution >= 4 is 21.6 Å². The zero-order chi connectivity index (χ0) is 14.0. The molecule has 100 valence electrons. The number of amides is 1. The van der Waals surface area contributed by atoms with Crippen LogP contribution in [0.25, 0.3) is 0 Å². The van der Waals surface area contributed by atoms with Crippen molar-refractivity contribution in [2.75, 3.05) is 30.8 Å². The molecule has 6 nitrogen and oxygen atoms in total. The third-order valence-corrected chi connectivity index (χ3v) is 4.19. The van der Waals surface area contributed by atoms with Crippen molar-refractivity contribution in [3.05, 3.63) is 29.8 Å². The van der Waals surface area contributed by atoms with E-state index in [0.717, 1.165) is 10.6 Å². The van der Waals surface area contributed by atoms with E-state index < -0.39 is 10.0 Å². The number of carbonyl (C=O) groups excluding carboxylic acids is 1. The molecule has 0 aliphatic carbocycles. The predicted molar refractivity (Wildman–Crippen MR) is 69.9 cm³/mol. The normalized spacial score (nSPS) is 17.3. The second-order valence-corrected chi connectivity index (χ2v) is 6.29. The monoisotopic (exact) mass is 279 g/mol. The average Bonchev–Trinajstić information content (AvgIpc) is 2.37. The quantitative estimate of drug-likeness (QED) is 0.772. The van der Waals surface area contributed by atoms with E-state index in [-0.39, 0.29) is 19.0 Å². The van der Waals surface area contributed by atoms with Gasteiger partial charge in [0.1, 0.15) is 0 Å². The van der Waals surface area contributed by atoms with Crippen LogP contribution in [0.4, 0.5) is 5.69 Å². The number of piperazine rings is 1. The minimum Gasteiger partial charge on any atom is -0.310 e. The van der Waals surface area contributed by atoms with E-state index in [9.17, 15) is 13.2 Å². The second-order valence-electron chi connectivity index (χ2n) is 4.30. The molecule has 0 N–H and O–H groups in total. The number of anilines is 1. The van der Waals surface area contributed by atoms with E-state index in [1.807, 2.05) is 6.07 Å². The number of nitrogens with zero attached hydrogens (tertiary/aromatic N) is 3. The summed E-state index contributed by atoms with van der Waals surface area (Å²) in [6.45, 7) is 0.401. The molecule has 1 aromatic carbocycles. The molecular weight excluding hydrogens is 266 g/mol. The van der Waals surface area contributed by atoms with Crippen LogP contribution in [0.3, 0.4) is 0 Å². The van der Waals surface area contributed by atoms with E-state index >= 15 is 0 Å². The summed E-state index contributed by atoms with van der Waals surface area (Å²) in [6.07, 6.45) is 1.09. The summed E-state index contributed by atoms with van der Waals surface area (Å²) in [6, 6.07) is 8.71. The van der Waals surface area contributed by atoms with Gasteiger partial charge in [-0.15, -0.1) is 0 Å². The van der Waals surface area contributed by atoms with Crippen LogP contribution in [-0.2, 0) is 14.8 Å². The van der Waals surface area contributed by atoms with Gasteiger partial charge in [0.2, 0.25) is 15.9 Å². The number of hydrogen-bond acceptors (Lipinski definition) is 4. The molecule has 0 unspecified atom stereocenters. The summed E-state index contributed by atoms with van der Waals surface area (Å²) in [5.74, 6) is -0.285. The van der Waals surface area contributed by atoms with E-state index in [1.165, 1.54) is 4.90 Å². The fourth-order valence-electron chi connectivity index (χ4n) is 1.95. The Kier molecular flexibility index (Phi) is 3.55. The molecule has 1 aromatic rings. The van der Waals surface area contributed by atoms with Gasteiger partial charge in [0.25, 0.3) is 0 Å². The van der Waals surface area contributed by atoms with Gasteiger partial charge in [-0.2, -0.15) is 9.57 Å². The first-order valence-electron chi connectivity index (χ1n) is 5.67. The maximum absolute atomic E-state index is 12.0. The molecule has 1 fully saturated rings. The highest BCUT2D eigenvalue weighted by atomic mass is 32.2. The Balaban J connectivity index is 2.21. The minimum absolute atomic E-state index is 0.157. The maximum atomic E-state index is 12.0. The molecule has 0 radical (unpaired) electrons. The van der Waals surface area contributed by atoms with Crippen LogP contribution in [0, 0.1) is 11.3 Å². The lowest BCUT2D eigenvalue weighted by Crippen LogP contribution is -2.52. The van der Waals surface area contributed by atoms with E-state index in [4.69, 9.17) is 5.26 Å². The van der Waals surface area contributed by atoms with Crippen molar-refractivity contribution < 1.29 is 13.2 Å². The summed E-state index contributed by atoms with van der Waals surface area (Å²) in [5.41, 5.74) is 1.09.